The molecule has 2 aromatic carbocycles. The summed E-state index contributed by atoms with van der Waals surface area (Å²) in [6.45, 7) is 6.58. The first-order valence-corrected chi connectivity index (χ1v) is 12.1. The van der Waals surface area contributed by atoms with Crippen molar-refractivity contribution >= 4 is 17.4 Å². The quantitative estimate of drug-likeness (QED) is 0.326. The highest BCUT2D eigenvalue weighted by Gasteiger charge is 2.49. The Bertz CT molecular complexity index is 1160. The number of phenolic OH excluding ortho intramolecular Hbond substituents is 1. The lowest BCUT2D eigenvalue weighted by atomic mass is 9.94. The first-order chi connectivity index (χ1) is 16.7. The van der Waals surface area contributed by atoms with Gasteiger partial charge in [0.1, 0.15) is 11.5 Å². The number of benzene rings is 2. The Morgan fingerprint density at radius 1 is 1.09 bits per heavy atom. The molecule has 2 fully saturated rings. The van der Waals surface area contributed by atoms with Gasteiger partial charge in [-0.15, -0.1) is 0 Å². The number of aromatic hydroxyl groups is 1. The number of aliphatic hydroxyl groups is 1. The molecular formula is C28H33NO6. The van der Waals surface area contributed by atoms with Gasteiger partial charge in [0.2, 0.25) is 0 Å². The number of rotatable bonds is 7. The van der Waals surface area contributed by atoms with E-state index < -0.39 is 17.7 Å². The molecule has 1 unspecified atom stereocenters. The Morgan fingerprint density at radius 3 is 2.37 bits per heavy atom. The molecule has 1 atom stereocenters. The van der Waals surface area contributed by atoms with Gasteiger partial charge in [0.15, 0.2) is 11.5 Å². The zero-order valence-corrected chi connectivity index (χ0v) is 20.7. The second kappa shape index (κ2) is 10.0. The van der Waals surface area contributed by atoms with E-state index in [1.165, 1.54) is 13.2 Å². The summed E-state index contributed by atoms with van der Waals surface area (Å²) in [7, 11) is 1.45. The number of carbonyl (C=O) groups excluding carboxylic acids is 2. The molecule has 0 bridgehead atoms. The van der Waals surface area contributed by atoms with Crippen LogP contribution in [0.3, 0.4) is 0 Å². The van der Waals surface area contributed by atoms with Crippen LogP contribution in [0.2, 0.25) is 0 Å². The van der Waals surface area contributed by atoms with Crippen molar-refractivity contribution in [3.8, 4) is 17.2 Å². The molecule has 1 aliphatic carbocycles. The zero-order valence-electron chi connectivity index (χ0n) is 20.7. The van der Waals surface area contributed by atoms with Gasteiger partial charge >= 0.3 is 0 Å². The summed E-state index contributed by atoms with van der Waals surface area (Å²) < 4.78 is 11.0. The average Bonchev–Trinajstić information content (AvgIpc) is 3.44. The number of aryl methyl sites for hydroxylation is 1. The van der Waals surface area contributed by atoms with Crippen LogP contribution >= 0.6 is 0 Å². The number of ether oxygens (including phenoxy) is 2. The maximum Gasteiger partial charge on any atom is 0.295 e. The predicted molar refractivity (Wildman–Crippen MR) is 133 cm³/mol. The lowest BCUT2D eigenvalue weighted by molar-refractivity contribution is -0.141. The lowest BCUT2D eigenvalue weighted by Crippen LogP contribution is -2.37. The van der Waals surface area contributed by atoms with Crippen molar-refractivity contribution in [1.29, 1.82) is 0 Å². The van der Waals surface area contributed by atoms with Crippen LogP contribution in [0.1, 0.15) is 62.3 Å². The number of carbonyl (C=O) groups is 2. The Kier molecular flexibility index (Phi) is 7.05. The smallest absolute Gasteiger partial charge is 0.295 e. The van der Waals surface area contributed by atoms with E-state index in [1.54, 1.807) is 35.2 Å². The van der Waals surface area contributed by atoms with Crippen molar-refractivity contribution in [2.45, 2.75) is 58.5 Å². The highest BCUT2D eigenvalue weighted by Crippen LogP contribution is 2.45. The number of hydrogen-bond donors (Lipinski definition) is 2. The van der Waals surface area contributed by atoms with E-state index in [0.717, 1.165) is 31.2 Å². The van der Waals surface area contributed by atoms with Crippen molar-refractivity contribution in [3.05, 3.63) is 58.7 Å². The standard InChI is InChI=1S/C28H33NO6/c1-16(2)15-35-22-11-10-19(13-17(22)3)26(31)24-25(18-9-12-23(34-4)21(30)14-18)29(28(33)27(24)32)20-7-5-6-8-20/h9-14,16,20,25,30-31H,5-8,15H2,1-4H3/b26-24-. The van der Waals surface area contributed by atoms with E-state index in [2.05, 4.69) is 13.8 Å². The van der Waals surface area contributed by atoms with E-state index in [9.17, 15) is 19.8 Å². The molecule has 7 nitrogen and oxygen atoms in total. The van der Waals surface area contributed by atoms with Crippen molar-refractivity contribution in [2.75, 3.05) is 13.7 Å². The summed E-state index contributed by atoms with van der Waals surface area (Å²) in [5, 5.41) is 21.8. The SMILES string of the molecule is COc1ccc(C2/C(=C(/O)c3ccc(OCC(C)C)c(C)c3)C(=O)C(=O)N2C2CCCC2)cc1O. The predicted octanol–water partition coefficient (Wildman–Crippen LogP) is 5.11. The molecule has 1 heterocycles. The Balaban J connectivity index is 1.81. The number of phenols is 1. The molecule has 7 heteroatoms. The largest absolute Gasteiger partial charge is 0.507 e. The second-order valence-electron chi connectivity index (χ2n) is 9.76. The van der Waals surface area contributed by atoms with Gasteiger partial charge in [-0.2, -0.15) is 0 Å². The van der Waals surface area contributed by atoms with E-state index in [-0.39, 0.29) is 23.1 Å². The maximum absolute atomic E-state index is 13.3. The maximum atomic E-state index is 13.3. The monoisotopic (exact) mass is 479 g/mol. The van der Waals surface area contributed by atoms with Gasteiger partial charge in [-0.25, -0.2) is 0 Å². The fourth-order valence-electron chi connectivity index (χ4n) is 4.98. The number of hydrogen-bond acceptors (Lipinski definition) is 6. The number of likely N-dealkylation sites (tertiary alicyclic amines) is 1. The van der Waals surface area contributed by atoms with Gasteiger partial charge in [0.05, 0.1) is 25.3 Å². The molecule has 1 aliphatic heterocycles. The van der Waals surface area contributed by atoms with Gasteiger partial charge in [-0.1, -0.05) is 32.8 Å². The van der Waals surface area contributed by atoms with E-state index in [0.29, 0.717) is 35.2 Å². The second-order valence-corrected chi connectivity index (χ2v) is 9.76. The average molecular weight is 480 g/mol. The normalized spacial score (nSPS) is 20.1. The molecule has 2 aromatic rings. The number of Topliss-reactive ketones (excluding diaryl/α,β-unsaturated/α-hetero) is 1. The van der Waals surface area contributed by atoms with Crippen LogP contribution in [0.4, 0.5) is 0 Å². The highest BCUT2D eigenvalue weighted by atomic mass is 16.5. The van der Waals surface area contributed by atoms with Crippen LogP contribution in [0.15, 0.2) is 42.0 Å². The van der Waals surface area contributed by atoms with Gasteiger partial charge in [-0.3, -0.25) is 9.59 Å². The molecule has 0 spiro atoms. The zero-order chi connectivity index (χ0) is 25.3. The molecule has 0 radical (unpaired) electrons. The third-order valence-corrected chi connectivity index (χ3v) is 6.74. The summed E-state index contributed by atoms with van der Waals surface area (Å²) in [5.74, 6) is -0.292. The Labute approximate surface area is 206 Å². The molecule has 0 aromatic heterocycles. The summed E-state index contributed by atoms with van der Waals surface area (Å²) in [5.41, 5.74) is 1.83. The molecule has 186 valence electrons. The fraction of sp³-hybridized carbons (Fsp3) is 0.429. The third kappa shape index (κ3) is 4.72. The number of aliphatic hydroxyl groups excluding tert-OH is 1. The van der Waals surface area contributed by atoms with Gasteiger partial charge in [0, 0.05) is 11.6 Å². The van der Waals surface area contributed by atoms with E-state index in [4.69, 9.17) is 9.47 Å². The van der Waals surface area contributed by atoms with E-state index >= 15 is 0 Å². The fourth-order valence-corrected chi connectivity index (χ4v) is 4.98. The summed E-state index contributed by atoms with van der Waals surface area (Å²) in [4.78, 5) is 28.1. The van der Waals surface area contributed by atoms with Crippen LogP contribution in [0.5, 0.6) is 17.2 Å². The molecule has 35 heavy (non-hydrogen) atoms. The summed E-state index contributed by atoms with van der Waals surface area (Å²) in [6, 6.07) is 9.15. The van der Waals surface area contributed by atoms with Crippen LogP contribution in [-0.4, -0.2) is 46.6 Å². The van der Waals surface area contributed by atoms with Crippen LogP contribution in [-0.2, 0) is 9.59 Å². The van der Waals surface area contributed by atoms with Crippen molar-refractivity contribution < 1.29 is 29.3 Å². The molecule has 2 aliphatic rings. The number of methoxy groups -OCH3 is 1. The van der Waals surface area contributed by atoms with Crippen molar-refractivity contribution in [1.82, 2.24) is 4.90 Å². The molecule has 1 saturated heterocycles. The lowest BCUT2D eigenvalue weighted by Gasteiger charge is -2.31. The number of ketones is 1. The third-order valence-electron chi connectivity index (χ3n) is 6.74. The Morgan fingerprint density at radius 2 is 1.77 bits per heavy atom. The highest BCUT2D eigenvalue weighted by molar-refractivity contribution is 6.46. The minimum atomic E-state index is -0.799. The topological polar surface area (TPSA) is 96.3 Å². The molecular weight excluding hydrogens is 446 g/mol. The summed E-state index contributed by atoms with van der Waals surface area (Å²) in [6.07, 6.45) is 3.55. The molecule has 1 saturated carbocycles. The van der Waals surface area contributed by atoms with Gasteiger partial charge < -0.3 is 24.6 Å². The number of amides is 1. The summed E-state index contributed by atoms with van der Waals surface area (Å²) >= 11 is 0. The number of nitrogens with zero attached hydrogens (tertiary/aromatic N) is 1. The van der Waals surface area contributed by atoms with E-state index in [1.807, 2.05) is 6.92 Å². The minimum Gasteiger partial charge on any atom is -0.507 e. The first kappa shape index (κ1) is 24.6. The minimum absolute atomic E-state index is 0.0294. The molecule has 1 amide bonds. The van der Waals surface area contributed by atoms with Crippen LogP contribution in [0.25, 0.3) is 5.76 Å². The van der Waals surface area contributed by atoms with Crippen LogP contribution < -0.4 is 9.47 Å². The Hall–Kier alpha value is -3.48. The van der Waals surface area contributed by atoms with Gasteiger partial charge in [0.25, 0.3) is 11.7 Å². The first-order valence-electron chi connectivity index (χ1n) is 12.1. The van der Waals surface area contributed by atoms with Crippen LogP contribution in [0, 0.1) is 12.8 Å². The van der Waals surface area contributed by atoms with Crippen molar-refractivity contribution in [3.63, 3.8) is 0 Å². The molecule has 4 rings (SSSR count). The van der Waals surface area contributed by atoms with Crippen molar-refractivity contribution in [2.24, 2.45) is 5.92 Å². The molecule has 2 N–H and O–H groups in total. The van der Waals surface area contributed by atoms with Gasteiger partial charge in [-0.05, 0) is 67.1 Å².